The van der Waals surface area contributed by atoms with Crippen molar-refractivity contribution in [2.75, 3.05) is 20.1 Å². The average Bonchev–Trinajstić information content (AvgIpc) is 2.96. The van der Waals surface area contributed by atoms with Crippen LogP contribution >= 0.6 is 0 Å². The summed E-state index contributed by atoms with van der Waals surface area (Å²) in [6.07, 6.45) is 4.96. The van der Waals surface area contributed by atoms with Crippen LogP contribution in [-0.4, -0.2) is 40.8 Å². The monoisotopic (exact) mass is 341 g/mol. The van der Waals surface area contributed by atoms with E-state index in [-0.39, 0.29) is 5.41 Å². The highest BCUT2D eigenvalue weighted by Crippen LogP contribution is 2.22. The highest BCUT2D eigenvalue weighted by atomic mass is 15.3. The molecule has 136 valence electrons. The Morgan fingerprint density at radius 2 is 1.96 bits per heavy atom. The van der Waals surface area contributed by atoms with Crippen LogP contribution in [0.3, 0.4) is 0 Å². The molecule has 0 radical (unpaired) electrons. The average molecular weight is 342 g/mol. The zero-order chi connectivity index (χ0) is 18.3. The van der Waals surface area contributed by atoms with E-state index in [0.29, 0.717) is 0 Å². The van der Waals surface area contributed by atoms with Crippen LogP contribution in [-0.2, 0) is 20.0 Å². The van der Waals surface area contributed by atoms with E-state index in [1.807, 2.05) is 24.1 Å². The first kappa shape index (κ1) is 19.0. The topological polar surface area (TPSA) is 45.5 Å². The largest absolute Gasteiger partial charge is 0.357 e. The lowest BCUT2D eigenvalue weighted by Gasteiger charge is -2.26. The first-order valence-electron chi connectivity index (χ1n) is 8.90. The highest BCUT2D eigenvalue weighted by molar-refractivity contribution is 5.79. The van der Waals surface area contributed by atoms with Gasteiger partial charge in [-0.25, -0.2) is 0 Å². The van der Waals surface area contributed by atoms with E-state index in [4.69, 9.17) is 4.99 Å². The molecule has 2 aromatic rings. The molecular weight excluding hydrogens is 310 g/mol. The maximum absolute atomic E-state index is 4.89. The number of guanidine groups is 1. The smallest absolute Gasteiger partial charge is 0.193 e. The molecule has 0 spiro atoms. The Hall–Kier alpha value is -2.30. The number of benzene rings is 1. The summed E-state index contributed by atoms with van der Waals surface area (Å²) in [5.74, 6) is 0.937. The summed E-state index contributed by atoms with van der Waals surface area (Å²) in [6, 6.07) is 10.6. The van der Waals surface area contributed by atoms with Crippen molar-refractivity contribution >= 4 is 5.96 Å². The molecule has 0 aliphatic carbocycles. The Balaban J connectivity index is 2.02. The third kappa shape index (κ3) is 6.25. The van der Waals surface area contributed by atoms with Gasteiger partial charge >= 0.3 is 0 Å². The Labute approximate surface area is 151 Å². The van der Waals surface area contributed by atoms with Gasteiger partial charge in [-0.1, -0.05) is 44.2 Å². The number of aromatic nitrogens is 2. The number of hydrogen-bond donors (Lipinski definition) is 1. The van der Waals surface area contributed by atoms with Gasteiger partial charge < -0.3 is 10.2 Å². The van der Waals surface area contributed by atoms with Gasteiger partial charge in [-0.15, -0.1) is 0 Å². The molecule has 0 aliphatic rings. The maximum Gasteiger partial charge on any atom is 0.193 e. The Bertz CT molecular complexity index is 672. The molecule has 1 N–H and O–H groups in total. The summed E-state index contributed by atoms with van der Waals surface area (Å²) in [6.45, 7) is 9.07. The molecule has 0 amide bonds. The van der Waals surface area contributed by atoms with E-state index in [1.165, 1.54) is 11.1 Å². The van der Waals surface area contributed by atoms with Gasteiger partial charge in [-0.2, -0.15) is 5.10 Å². The molecule has 2 rings (SSSR count). The summed E-state index contributed by atoms with van der Waals surface area (Å²) in [5, 5.41) is 7.63. The molecule has 1 aromatic carbocycles. The molecule has 0 unspecified atom stereocenters. The second-order valence-corrected chi connectivity index (χ2v) is 7.38. The van der Waals surface area contributed by atoms with Crippen molar-refractivity contribution in [3.8, 4) is 0 Å². The summed E-state index contributed by atoms with van der Waals surface area (Å²) in [7, 11) is 4.01. The van der Waals surface area contributed by atoms with Gasteiger partial charge in [0.1, 0.15) is 0 Å². The fraction of sp³-hybridized carbons (Fsp3) is 0.500. The highest BCUT2D eigenvalue weighted by Gasteiger charge is 2.19. The summed E-state index contributed by atoms with van der Waals surface area (Å²) >= 11 is 0. The van der Waals surface area contributed by atoms with Gasteiger partial charge in [0.05, 0.1) is 6.20 Å². The van der Waals surface area contributed by atoms with Crippen molar-refractivity contribution in [2.24, 2.45) is 17.5 Å². The fourth-order valence-electron chi connectivity index (χ4n) is 2.87. The minimum atomic E-state index is 0.108. The molecule has 1 heterocycles. The van der Waals surface area contributed by atoms with Crippen LogP contribution in [0.4, 0.5) is 0 Å². The third-order valence-electron chi connectivity index (χ3n) is 4.06. The first-order chi connectivity index (χ1) is 11.9. The molecule has 0 aliphatic heterocycles. The number of aliphatic imine (C=N–C) groups is 1. The summed E-state index contributed by atoms with van der Waals surface area (Å²) in [4.78, 5) is 7.04. The van der Waals surface area contributed by atoms with E-state index < -0.39 is 0 Å². The minimum absolute atomic E-state index is 0.108. The molecular formula is C20H31N5. The lowest BCUT2D eigenvalue weighted by atomic mass is 9.86. The second kappa shape index (κ2) is 8.70. The van der Waals surface area contributed by atoms with Crippen molar-refractivity contribution in [3.63, 3.8) is 0 Å². The van der Waals surface area contributed by atoms with Crippen LogP contribution in [0.5, 0.6) is 0 Å². The van der Waals surface area contributed by atoms with Gasteiger partial charge in [0.15, 0.2) is 5.96 Å². The maximum atomic E-state index is 4.89. The fourth-order valence-corrected chi connectivity index (χ4v) is 2.87. The van der Waals surface area contributed by atoms with Crippen molar-refractivity contribution in [3.05, 3.63) is 53.9 Å². The van der Waals surface area contributed by atoms with E-state index >= 15 is 0 Å². The predicted octanol–water partition coefficient (Wildman–Crippen LogP) is 3.09. The van der Waals surface area contributed by atoms with Gasteiger partial charge in [-0.05, 0) is 24.3 Å². The number of nitrogens with one attached hydrogen (secondary N) is 1. The standard InChI is InChI=1S/C20H31N5/c1-6-21-19(24(4)14-18-13-23-25(5)15-18)22-16-20(2,3)12-17-10-8-7-9-11-17/h7-11,13,15H,6,12,14,16H2,1-5H3,(H,21,22). The second-order valence-electron chi connectivity index (χ2n) is 7.38. The lowest BCUT2D eigenvalue weighted by molar-refractivity contribution is 0.372. The number of rotatable bonds is 7. The molecule has 0 bridgehead atoms. The predicted molar refractivity (Wildman–Crippen MR) is 105 cm³/mol. The molecule has 0 fully saturated rings. The quantitative estimate of drug-likeness (QED) is 0.622. The molecule has 0 saturated heterocycles. The zero-order valence-corrected chi connectivity index (χ0v) is 16.2. The van der Waals surface area contributed by atoms with Crippen LogP contribution < -0.4 is 5.32 Å². The van der Waals surface area contributed by atoms with Crippen LogP contribution in [0.25, 0.3) is 0 Å². The zero-order valence-electron chi connectivity index (χ0n) is 16.2. The lowest BCUT2D eigenvalue weighted by Crippen LogP contribution is -2.39. The number of aryl methyl sites for hydroxylation is 1. The summed E-state index contributed by atoms with van der Waals surface area (Å²) in [5.41, 5.74) is 2.65. The van der Waals surface area contributed by atoms with E-state index in [0.717, 1.165) is 32.0 Å². The molecule has 0 atom stereocenters. The Morgan fingerprint density at radius 3 is 2.56 bits per heavy atom. The van der Waals surface area contributed by atoms with Gasteiger partial charge in [0.2, 0.25) is 0 Å². The van der Waals surface area contributed by atoms with Crippen molar-refractivity contribution < 1.29 is 0 Å². The van der Waals surface area contributed by atoms with Gasteiger partial charge in [-0.3, -0.25) is 9.67 Å². The van der Waals surface area contributed by atoms with Crippen molar-refractivity contribution in [2.45, 2.75) is 33.7 Å². The molecule has 5 nitrogen and oxygen atoms in total. The Morgan fingerprint density at radius 1 is 1.24 bits per heavy atom. The number of hydrogen-bond acceptors (Lipinski definition) is 2. The molecule has 1 aromatic heterocycles. The third-order valence-corrected chi connectivity index (χ3v) is 4.06. The van der Waals surface area contributed by atoms with Crippen LogP contribution in [0.1, 0.15) is 31.9 Å². The number of nitrogens with zero attached hydrogens (tertiary/aromatic N) is 4. The minimum Gasteiger partial charge on any atom is -0.357 e. The van der Waals surface area contributed by atoms with Crippen molar-refractivity contribution in [1.82, 2.24) is 20.0 Å². The molecule has 5 heteroatoms. The van der Waals surface area contributed by atoms with Gasteiger partial charge in [0, 0.05) is 45.5 Å². The first-order valence-corrected chi connectivity index (χ1v) is 8.90. The van der Waals surface area contributed by atoms with E-state index in [9.17, 15) is 0 Å². The molecule has 0 saturated carbocycles. The Kier molecular flexibility index (Phi) is 6.62. The SMILES string of the molecule is CCNC(=NCC(C)(C)Cc1ccccc1)N(C)Cc1cnn(C)c1. The summed E-state index contributed by atoms with van der Waals surface area (Å²) < 4.78 is 1.83. The van der Waals surface area contributed by atoms with Crippen LogP contribution in [0, 0.1) is 5.41 Å². The normalized spacial score (nSPS) is 12.3. The molecule has 25 heavy (non-hydrogen) atoms. The van der Waals surface area contributed by atoms with E-state index in [2.05, 4.69) is 73.5 Å². The van der Waals surface area contributed by atoms with E-state index in [1.54, 1.807) is 0 Å². The van der Waals surface area contributed by atoms with Crippen LogP contribution in [0.15, 0.2) is 47.7 Å². The van der Waals surface area contributed by atoms with Crippen molar-refractivity contribution in [1.29, 1.82) is 0 Å². The van der Waals surface area contributed by atoms with Gasteiger partial charge in [0.25, 0.3) is 0 Å². The van der Waals surface area contributed by atoms with Crippen LogP contribution in [0.2, 0.25) is 0 Å².